The van der Waals surface area contributed by atoms with Crippen LogP contribution in [0.3, 0.4) is 0 Å². The van der Waals surface area contributed by atoms with Crippen LogP contribution in [0, 0.1) is 24.2 Å². The minimum Gasteiger partial charge on any atom is -0.489 e. The van der Waals surface area contributed by atoms with Crippen molar-refractivity contribution in [1.82, 2.24) is 4.90 Å². The van der Waals surface area contributed by atoms with E-state index >= 15 is 0 Å². The number of nitrogens with zero attached hydrogens (tertiary/aromatic N) is 2. The Labute approximate surface area is 179 Å². The van der Waals surface area contributed by atoms with Crippen molar-refractivity contribution in [3.63, 3.8) is 0 Å². The van der Waals surface area contributed by atoms with Crippen molar-refractivity contribution in [2.24, 2.45) is 5.92 Å². The first-order chi connectivity index (χ1) is 14.6. The summed E-state index contributed by atoms with van der Waals surface area (Å²) in [7, 11) is 0. The molecule has 1 heterocycles. The van der Waals surface area contributed by atoms with Gasteiger partial charge in [0.1, 0.15) is 30.0 Å². The van der Waals surface area contributed by atoms with Crippen molar-refractivity contribution >= 4 is 5.78 Å². The van der Waals surface area contributed by atoms with E-state index in [1.54, 1.807) is 13.0 Å². The fraction of sp³-hybridized carbons (Fsp3) is 0.391. The van der Waals surface area contributed by atoms with E-state index in [-0.39, 0.29) is 29.6 Å². The van der Waals surface area contributed by atoms with Gasteiger partial charge in [0.25, 0.3) is 0 Å². The van der Waals surface area contributed by atoms with E-state index in [9.17, 15) is 23.2 Å². The summed E-state index contributed by atoms with van der Waals surface area (Å²) in [6.07, 6.45) is -4.47. The van der Waals surface area contributed by atoms with Crippen LogP contribution in [-0.2, 0) is 17.9 Å². The third-order valence-corrected chi connectivity index (χ3v) is 5.20. The predicted octanol–water partition coefficient (Wildman–Crippen LogP) is 4.41. The number of alkyl halides is 3. The molecule has 0 aromatic heterocycles. The first-order valence-corrected chi connectivity index (χ1v) is 9.82. The summed E-state index contributed by atoms with van der Waals surface area (Å²) in [5, 5.41) is 9.19. The molecule has 1 fully saturated rings. The van der Waals surface area contributed by atoms with E-state index in [1.165, 1.54) is 12.1 Å². The van der Waals surface area contributed by atoms with Gasteiger partial charge in [0.15, 0.2) is 6.61 Å². The minimum atomic E-state index is -4.47. The van der Waals surface area contributed by atoms with Gasteiger partial charge in [0.2, 0.25) is 0 Å². The normalized spacial score (nSPS) is 14.6. The Bertz CT molecular complexity index is 993. The summed E-state index contributed by atoms with van der Waals surface area (Å²) in [4.78, 5) is 13.6. The van der Waals surface area contributed by atoms with Gasteiger partial charge in [-0.3, -0.25) is 9.69 Å². The topological polar surface area (TPSA) is 62.6 Å². The van der Waals surface area contributed by atoms with E-state index in [0.717, 1.165) is 30.8 Å². The summed E-state index contributed by atoms with van der Waals surface area (Å²) in [6, 6.07) is 12.0. The predicted molar refractivity (Wildman–Crippen MR) is 108 cm³/mol. The highest BCUT2D eigenvalue weighted by Crippen LogP contribution is 2.26. The second-order valence-corrected chi connectivity index (χ2v) is 7.72. The molecule has 164 valence electrons. The van der Waals surface area contributed by atoms with Crippen LogP contribution in [0.4, 0.5) is 13.2 Å². The number of carbonyl (C=O) groups excluding carboxylic acids is 1. The Morgan fingerprint density at radius 1 is 1.19 bits per heavy atom. The maximum Gasteiger partial charge on any atom is 0.422 e. The molecule has 0 atom stereocenters. The standard InChI is InChI=1S/C23H23F3N2O3/c1-15-7-21(5-4-18(15)10-28-11-20(12-28)16(2)29)30-13-17-3-6-22(19(8-17)9-27)31-14-23(24,25)26/h3-8,20H,10-14H2,1-2H3. The molecule has 31 heavy (non-hydrogen) atoms. The van der Waals surface area contributed by atoms with Gasteiger partial charge in [-0.2, -0.15) is 18.4 Å². The molecule has 1 saturated heterocycles. The molecule has 0 unspecified atom stereocenters. The molecule has 0 amide bonds. The van der Waals surface area contributed by atoms with Crippen molar-refractivity contribution in [2.45, 2.75) is 33.2 Å². The van der Waals surface area contributed by atoms with Gasteiger partial charge in [-0.25, -0.2) is 0 Å². The van der Waals surface area contributed by atoms with E-state index in [1.807, 2.05) is 31.2 Å². The highest BCUT2D eigenvalue weighted by atomic mass is 19.4. The van der Waals surface area contributed by atoms with E-state index < -0.39 is 12.8 Å². The maximum atomic E-state index is 12.3. The van der Waals surface area contributed by atoms with Crippen molar-refractivity contribution in [3.8, 4) is 17.6 Å². The van der Waals surface area contributed by atoms with Gasteiger partial charge in [-0.1, -0.05) is 12.1 Å². The third kappa shape index (κ3) is 6.22. The molecule has 8 heteroatoms. The lowest BCUT2D eigenvalue weighted by molar-refractivity contribution is -0.153. The van der Waals surface area contributed by atoms with Gasteiger partial charge in [-0.05, 0) is 54.8 Å². The number of halogens is 3. The molecule has 0 saturated carbocycles. The molecule has 2 aromatic carbocycles. The Kier molecular flexibility index (Phi) is 6.86. The molecule has 0 aliphatic carbocycles. The van der Waals surface area contributed by atoms with E-state index in [2.05, 4.69) is 4.90 Å². The second-order valence-electron chi connectivity index (χ2n) is 7.72. The average Bonchev–Trinajstić information content (AvgIpc) is 2.67. The summed E-state index contributed by atoms with van der Waals surface area (Å²) in [5.41, 5.74) is 2.90. The fourth-order valence-electron chi connectivity index (χ4n) is 3.34. The van der Waals surface area contributed by atoms with Crippen molar-refractivity contribution in [3.05, 3.63) is 58.7 Å². The minimum absolute atomic E-state index is 0.0234. The summed E-state index contributed by atoms with van der Waals surface area (Å²) >= 11 is 0. The van der Waals surface area contributed by atoms with Crippen LogP contribution in [0.1, 0.15) is 29.2 Å². The van der Waals surface area contributed by atoms with Gasteiger partial charge >= 0.3 is 6.18 Å². The van der Waals surface area contributed by atoms with Crippen LogP contribution >= 0.6 is 0 Å². The van der Waals surface area contributed by atoms with Crippen molar-refractivity contribution in [1.29, 1.82) is 5.26 Å². The van der Waals surface area contributed by atoms with Crippen molar-refractivity contribution in [2.75, 3.05) is 19.7 Å². The lowest BCUT2D eigenvalue weighted by Gasteiger charge is -2.38. The van der Waals surface area contributed by atoms with Crippen LogP contribution in [0.2, 0.25) is 0 Å². The highest BCUT2D eigenvalue weighted by molar-refractivity contribution is 5.79. The van der Waals surface area contributed by atoms with Crippen LogP contribution < -0.4 is 9.47 Å². The zero-order chi connectivity index (χ0) is 22.6. The quantitative estimate of drug-likeness (QED) is 0.619. The Morgan fingerprint density at radius 2 is 1.94 bits per heavy atom. The number of hydrogen-bond donors (Lipinski definition) is 0. The van der Waals surface area contributed by atoms with Crippen LogP contribution in [0.25, 0.3) is 0 Å². The monoisotopic (exact) mass is 432 g/mol. The van der Waals surface area contributed by atoms with Gasteiger partial charge in [-0.15, -0.1) is 0 Å². The number of rotatable bonds is 8. The maximum absolute atomic E-state index is 12.3. The SMILES string of the molecule is CC(=O)C1CN(Cc2ccc(OCc3ccc(OCC(F)(F)F)c(C#N)c3)cc2C)C1. The molecular formula is C23H23F3N2O3. The van der Waals surface area contributed by atoms with Gasteiger partial charge in [0.05, 0.1) is 5.56 Å². The lowest BCUT2D eigenvalue weighted by atomic mass is 9.95. The summed E-state index contributed by atoms with van der Waals surface area (Å²) in [5.74, 6) is 0.923. The van der Waals surface area contributed by atoms with Crippen LogP contribution in [-0.4, -0.2) is 36.6 Å². The molecule has 2 aromatic rings. The highest BCUT2D eigenvalue weighted by Gasteiger charge is 2.30. The summed E-state index contributed by atoms with van der Waals surface area (Å²) in [6.45, 7) is 4.69. The van der Waals surface area contributed by atoms with E-state index in [0.29, 0.717) is 11.3 Å². The number of nitriles is 1. The number of carbonyl (C=O) groups is 1. The largest absolute Gasteiger partial charge is 0.489 e. The number of ether oxygens (including phenoxy) is 2. The van der Waals surface area contributed by atoms with Crippen LogP contribution in [0.15, 0.2) is 36.4 Å². The average molecular weight is 432 g/mol. The number of likely N-dealkylation sites (tertiary alicyclic amines) is 1. The molecule has 3 rings (SSSR count). The summed E-state index contributed by atoms with van der Waals surface area (Å²) < 4.78 is 47.5. The Morgan fingerprint density at radius 3 is 2.55 bits per heavy atom. The first kappa shape index (κ1) is 22.6. The number of Topliss-reactive ketones (excluding diaryl/α,β-unsaturated/α-hetero) is 1. The number of ketones is 1. The Hall–Kier alpha value is -3.05. The third-order valence-electron chi connectivity index (χ3n) is 5.20. The zero-order valence-electron chi connectivity index (χ0n) is 17.3. The van der Waals surface area contributed by atoms with Crippen LogP contribution in [0.5, 0.6) is 11.5 Å². The molecule has 0 bridgehead atoms. The molecular weight excluding hydrogens is 409 g/mol. The molecule has 0 radical (unpaired) electrons. The number of aryl methyl sites for hydroxylation is 1. The molecule has 1 aliphatic heterocycles. The Balaban J connectivity index is 1.56. The van der Waals surface area contributed by atoms with Gasteiger partial charge in [0, 0.05) is 25.6 Å². The molecule has 5 nitrogen and oxygen atoms in total. The first-order valence-electron chi connectivity index (χ1n) is 9.82. The lowest BCUT2D eigenvalue weighted by Crippen LogP contribution is -2.49. The smallest absolute Gasteiger partial charge is 0.422 e. The molecule has 1 aliphatic rings. The van der Waals surface area contributed by atoms with Crippen molar-refractivity contribution < 1.29 is 27.4 Å². The molecule has 0 spiro atoms. The van der Waals surface area contributed by atoms with Gasteiger partial charge < -0.3 is 9.47 Å². The number of benzene rings is 2. The fourth-order valence-corrected chi connectivity index (χ4v) is 3.34. The zero-order valence-corrected chi connectivity index (χ0v) is 17.3. The molecule has 0 N–H and O–H groups in total. The van der Waals surface area contributed by atoms with E-state index in [4.69, 9.17) is 9.47 Å². The second kappa shape index (κ2) is 9.40. The number of hydrogen-bond acceptors (Lipinski definition) is 5.